The van der Waals surface area contributed by atoms with Gasteiger partial charge in [0.1, 0.15) is 23.3 Å². The minimum atomic E-state index is -0.421. The summed E-state index contributed by atoms with van der Waals surface area (Å²) >= 11 is 3.45. The molecule has 6 aromatic heterocycles. The highest BCUT2D eigenvalue weighted by Gasteiger charge is 2.25. The third-order valence-electron chi connectivity index (χ3n) is 11.2. The van der Waals surface area contributed by atoms with Crippen LogP contribution in [0.25, 0.3) is 42.0 Å². The molecule has 0 atom stereocenters. The molecular formula is C51H39F3N6S2. The van der Waals surface area contributed by atoms with Crippen molar-refractivity contribution in [3.63, 3.8) is 0 Å². The van der Waals surface area contributed by atoms with Gasteiger partial charge in [0.2, 0.25) is 0 Å². The Morgan fingerprint density at radius 2 is 0.758 bits per heavy atom. The van der Waals surface area contributed by atoms with Crippen LogP contribution in [0.15, 0.2) is 182 Å². The first-order chi connectivity index (χ1) is 30.2. The molecule has 0 aliphatic carbocycles. The first-order valence-corrected chi connectivity index (χ1v) is 21.7. The molecule has 10 rings (SSSR count). The molecule has 0 N–H and O–H groups in total. The van der Waals surface area contributed by atoms with Crippen molar-refractivity contribution in [1.82, 2.24) is 18.3 Å². The van der Waals surface area contributed by atoms with E-state index in [0.717, 1.165) is 59.2 Å². The van der Waals surface area contributed by atoms with Crippen molar-refractivity contribution in [3.05, 3.63) is 206 Å². The molecule has 0 unspecified atom stereocenters. The van der Waals surface area contributed by atoms with Crippen molar-refractivity contribution in [2.45, 2.75) is 6.92 Å². The Hall–Kier alpha value is -7.21. The molecule has 0 saturated heterocycles. The maximum atomic E-state index is 15.5. The van der Waals surface area contributed by atoms with Crippen LogP contribution < -0.4 is 9.80 Å². The standard InChI is InChI=1S/C51H39F3N6S2/c1-34-14-30-48(55(34)2)59(50-32-28-46(53)57(50)37-10-6-4-7-11-37)39-19-15-35(16-20-39)41-23-25-43(61-41)44-26-24-42(62-44)36-17-21-40(22-18-36)60(49-31-27-45(52)56(49)3)51-33-29-47(54)58(51)38-12-8-5-9-13-38/h4-33H,1-3H3. The second-order valence-electron chi connectivity index (χ2n) is 14.9. The number of para-hydroxylation sites is 2. The zero-order chi connectivity index (χ0) is 42.5. The average Bonchev–Trinajstić information content (AvgIpc) is 4.19. The van der Waals surface area contributed by atoms with Gasteiger partial charge in [-0.15, -0.1) is 22.7 Å². The molecule has 6 heterocycles. The molecule has 4 aromatic carbocycles. The van der Waals surface area contributed by atoms with Crippen molar-refractivity contribution >= 4 is 57.3 Å². The van der Waals surface area contributed by atoms with Gasteiger partial charge in [0.25, 0.3) is 0 Å². The summed E-state index contributed by atoms with van der Waals surface area (Å²) in [5.41, 5.74) is 6.29. The zero-order valence-electron chi connectivity index (χ0n) is 34.0. The predicted octanol–water partition coefficient (Wildman–Crippen LogP) is 14.7. The van der Waals surface area contributed by atoms with Gasteiger partial charge in [0.05, 0.1) is 0 Å². The molecule has 0 fully saturated rings. The van der Waals surface area contributed by atoms with E-state index in [0.29, 0.717) is 23.1 Å². The highest BCUT2D eigenvalue weighted by molar-refractivity contribution is 7.25. The van der Waals surface area contributed by atoms with Crippen LogP contribution in [-0.4, -0.2) is 18.3 Å². The lowest BCUT2D eigenvalue weighted by Crippen LogP contribution is -2.17. The van der Waals surface area contributed by atoms with E-state index in [1.165, 1.54) is 27.3 Å². The summed E-state index contributed by atoms with van der Waals surface area (Å²) < 4.78 is 52.4. The van der Waals surface area contributed by atoms with E-state index in [-0.39, 0.29) is 5.95 Å². The second-order valence-corrected chi connectivity index (χ2v) is 17.1. The van der Waals surface area contributed by atoms with Crippen LogP contribution in [0.5, 0.6) is 0 Å². The monoisotopic (exact) mass is 856 g/mol. The van der Waals surface area contributed by atoms with E-state index in [4.69, 9.17) is 0 Å². The van der Waals surface area contributed by atoms with Crippen LogP contribution in [-0.2, 0) is 14.1 Å². The van der Waals surface area contributed by atoms with E-state index in [9.17, 15) is 4.39 Å². The third kappa shape index (κ3) is 6.94. The van der Waals surface area contributed by atoms with Gasteiger partial charge in [-0.25, -0.2) is 0 Å². The zero-order valence-corrected chi connectivity index (χ0v) is 35.6. The largest absolute Gasteiger partial charge is 0.335 e. The fourth-order valence-electron chi connectivity index (χ4n) is 7.91. The summed E-state index contributed by atoms with van der Waals surface area (Å²) in [5, 5.41) is 0. The lowest BCUT2D eigenvalue weighted by atomic mass is 10.1. The molecule has 10 aromatic rings. The number of aryl methyl sites for hydroxylation is 1. The van der Waals surface area contributed by atoms with Crippen molar-refractivity contribution < 1.29 is 13.2 Å². The lowest BCUT2D eigenvalue weighted by Gasteiger charge is -2.27. The highest BCUT2D eigenvalue weighted by atomic mass is 32.1. The fraction of sp³-hybridized carbons (Fsp3) is 0.0588. The minimum Gasteiger partial charge on any atom is -0.335 e. The van der Waals surface area contributed by atoms with Crippen LogP contribution in [0.2, 0.25) is 0 Å². The number of anilines is 6. The summed E-state index contributed by atoms with van der Waals surface area (Å²) in [6.07, 6.45) is 0. The van der Waals surface area contributed by atoms with Gasteiger partial charge < -0.3 is 9.13 Å². The Labute approximate surface area is 365 Å². The average molecular weight is 857 g/mol. The van der Waals surface area contributed by atoms with E-state index in [2.05, 4.69) is 89.2 Å². The van der Waals surface area contributed by atoms with Gasteiger partial charge in [0.15, 0.2) is 17.8 Å². The quantitative estimate of drug-likeness (QED) is 0.130. The molecule has 0 radical (unpaired) electrons. The Kier molecular flexibility index (Phi) is 10.1. The molecule has 0 aliphatic heterocycles. The number of rotatable bonds is 11. The molecule has 306 valence electrons. The Morgan fingerprint density at radius 3 is 1.16 bits per heavy atom. The summed E-state index contributed by atoms with van der Waals surface area (Å²) in [6, 6.07) is 57.7. The molecular weight excluding hydrogens is 818 g/mol. The topological polar surface area (TPSA) is 26.2 Å². The lowest BCUT2D eigenvalue weighted by molar-refractivity contribution is 0.535. The van der Waals surface area contributed by atoms with Crippen LogP contribution in [0.1, 0.15) is 5.69 Å². The van der Waals surface area contributed by atoms with Gasteiger partial charge in [0, 0.05) is 62.0 Å². The molecule has 0 bridgehead atoms. The third-order valence-corrected chi connectivity index (χ3v) is 13.7. The first kappa shape index (κ1) is 39.0. The smallest absolute Gasteiger partial charge is 0.199 e. The fourth-order valence-corrected chi connectivity index (χ4v) is 10.0. The van der Waals surface area contributed by atoms with Crippen LogP contribution in [0.4, 0.5) is 47.8 Å². The molecule has 0 aliphatic rings. The predicted molar refractivity (Wildman–Crippen MR) is 249 cm³/mol. The Balaban J connectivity index is 0.922. The van der Waals surface area contributed by atoms with Gasteiger partial charge in [-0.3, -0.25) is 18.9 Å². The molecule has 6 nitrogen and oxygen atoms in total. The number of benzene rings is 4. The van der Waals surface area contributed by atoms with Gasteiger partial charge in [-0.2, -0.15) is 13.2 Å². The Morgan fingerprint density at radius 1 is 0.371 bits per heavy atom. The first-order valence-electron chi connectivity index (χ1n) is 20.0. The number of halogens is 3. The number of thiophene rings is 2. The van der Waals surface area contributed by atoms with E-state index in [1.54, 1.807) is 46.4 Å². The molecule has 0 amide bonds. The molecule has 0 saturated carbocycles. The number of aromatic nitrogens is 4. The minimum absolute atomic E-state index is 0.338. The summed E-state index contributed by atoms with van der Waals surface area (Å²) in [4.78, 5) is 8.52. The van der Waals surface area contributed by atoms with Crippen molar-refractivity contribution in [2.24, 2.45) is 14.1 Å². The SMILES string of the molecule is Cc1ccc(N(c2ccc(-c3ccc(-c4ccc(-c5ccc(N(c6ccc(F)n6C)c6ccc(F)n6-c6ccccc6)cc5)s4)s3)cc2)c2ccc(F)n2-c2ccccc2)n1C. The van der Waals surface area contributed by atoms with Crippen molar-refractivity contribution in [3.8, 4) is 42.0 Å². The highest BCUT2D eigenvalue weighted by Crippen LogP contribution is 2.44. The number of nitrogens with zero attached hydrogens (tertiary/aromatic N) is 6. The van der Waals surface area contributed by atoms with Crippen LogP contribution in [0, 0.1) is 24.8 Å². The van der Waals surface area contributed by atoms with Gasteiger partial charge in [-0.1, -0.05) is 60.7 Å². The Bertz CT molecular complexity index is 2940. The maximum Gasteiger partial charge on any atom is 0.199 e. The van der Waals surface area contributed by atoms with E-state index < -0.39 is 11.9 Å². The molecule has 62 heavy (non-hydrogen) atoms. The van der Waals surface area contributed by atoms with E-state index in [1.807, 2.05) is 90.8 Å². The summed E-state index contributed by atoms with van der Waals surface area (Å²) in [5.74, 6) is 1.56. The summed E-state index contributed by atoms with van der Waals surface area (Å²) in [7, 11) is 3.68. The molecule has 0 spiro atoms. The second kappa shape index (κ2) is 16.0. The molecule has 11 heteroatoms. The number of hydrogen-bond acceptors (Lipinski definition) is 4. The van der Waals surface area contributed by atoms with Gasteiger partial charge in [-0.05, 0) is 139 Å². The summed E-state index contributed by atoms with van der Waals surface area (Å²) in [6.45, 7) is 2.06. The number of hydrogen-bond donors (Lipinski definition) is 0. The van der Waals surface area contributed by atoms with Crippen molar-refractivity contribution in [1.29, 1.82) is 0 Å². The van der Waals surface area contributed by atoms with Crippen molar-refractivity contribution in [2.75, 3.05) is 9.80 Å². The van der Waals surface area contributed by atoms with Gasteiger partial charge >= 0.3 is 0 Å². The van der Waals surface area contributed by atoms with E-state index >= 15 is 8.78 Å². The van der Waals surface area contributed by atoms with Crippen LogP contribution in [0.3, 0.4) is 0 Å². The maximum absolute atomic E-state index is 15.5. The van der Waals surface area contributed by atoms with Crippen LogP contribution >= 0.6 is 22.7 Å². The normalized spacial score (nSPS) is 11.4.